The zero-order chi connectivity index (χ0) is 12.4. The molecule has 0 aliphatic carbocycles. The molecule has 3 heteroatoms. The first-order chi connectivity index (χ1) is 8.08. The van der Waals surface area contributed by atoms with E-state index in [1.54, 1.807) is 4.90 Å². The number of hydrogen-bond donors (Lipinski definition) is 1. The third kappa shape index (κ3) is 3.07. The average molecular weight is 233 g/mol. The molecule has 1 aliphatic rings. The maximum Gasteiger partial charge on any atom is 0.222 e. The van der Waals surface area contributed by atoms with E-state index >= 15 is 0 Å². The molecule has 2 rings (SSSR count). The smallest absolute Gasteiger partial charge is 0.222 e. The second-order valence-corrected chi connectivity index (χ2v) is 4.80. The van der Waals surface area contributed by atoms with Gasteiger partial charge in [0.2, 0.25) is 5.91 Å². The second-order valence-electron chi connectivity index (χ2n) is 4.80. The number of amides is 1. The highest BCUT2D eigenvalue weighted by atomic mass is 16.3. The van der Waals surface area contributed by atoms with Gasteiger partial charge >= 0.3 is 0 Å². The standard InChI is InChI=1S/C14H19NO2/c1-10-3-4-12(11(2)9-10)13(16)5-6-14(17)15-7-8-15/h3-4,9,13,16H,5-8H2,1-2H3. The zero-order valence-electron chi connectivity index (χ0n) is 10.4. The summed E-state index contributed by atoms with van der Waals surface area (Å²) in [5, 5.41) is 10.1. The van der Waals surface area contributed by atoms with Crippen LogP contribution >= 0.6 is 0 Å². The summed E-state index contributed by atoms with van der Waals surface area (Å²) in [6.07, 6.45) is 0.424. The van der Waals surface area contributed by atoms with E-state index in [9.17, 15) is 9.90 Å². The normalized spacial score (nSPS) is 15.8. The van der Waals surface area contributed by atoms with Crippen LogP contribution in [0.4, 0.5) is 0 Å². The van der Waals surface area contributed by atoms with Gasteiger partial charge in [0.1, 0.15) is 0 Å². The van der Waals surface area contributed by atoms with E-state index in [0.29, 0.717) is 12.8 Å². The van der Waals surface area contributed by atoms with Crippen molar-refractivity contribution in [3.8, 4) is 0 Å². The number of aliphatic hydroxyl groups is 1. The monoisotopic (exact) mass is 233 g/mol. The van der Waals surface area contributed by atoms with Crippen LogP contribution in [0.25, 0.3) is 0 Å². The fourth-order valence-electron chi connectivity index (χ4n) is 2.07. The molecule has 1 saturated heterocycles. The molecule has 1 heterocycles. The number of carbonyl (C=O) groups is 1. The van der Waals surface area contributed by atoms with Gasteiger partial charge in [-0.1, -0.05) is 23.8 Å². The molecule has 1 aromatic rings. The summed E-state index contributed by atoms with van der Waals surface area (Å²) in [5.74, 6) is 0.161. The minimum absolute atomic E-state index is 0.161. The Morgan fingerprint density at radius 1 is 1.41 bits per heavy atom. The van der Waals surface area contributed by atoms with Crippen LogP contribution in [-0.2, 0) is 4.79 Å². The van der Waals surface area contributed by atoms with Crippen molar-refractivity contribution >= 4 is 5.91 Å². The molecule has 1 aromatic carbocycles. The number of aryl methyl sites for hydroxylation is 2. The molecule has 17 heavy (non-hydrogen) atoms. The number of carbonyl (C=O) groups excluding carboxylic acids is 1. The predicted octanol–water partition coefficient (Wildman–Crippen LogP) is 1.96. The summed E-state index contributed by atoms with van der Waals surface area (Å²) >= 11 is 0. The van der Waals surface area contributed by atoms with Gasteiger partial charge in [0.25, 0.3) is 0 Å². The summed E-state index contributed by atoms with van der Waals surface area (Å²) in [7, 11) is 0. The quantitative estimate of drug-likeness (QED) is 0.808. The Morgan fingerprint density at radius 3 is 2.71 bits per heavy atom. The van der Waals surface area contributed by atoms with Gasteiger partial charge in [-0.05, 0) is 31.4 Å². The Hall–Kier alpha value is -1.35. The molecule has 1 atom stereocenters. The van der Waals surface area contributed by atoms with Gasteiger partial charge in [-0.3, -0.25) is 4.79 Å². The number of aliphatic hydroxyl groups excluding tert-OH is 1. The Morgan fingerprint density at radius 2 is 2.12 bits per heavy atom. The van der Waals surface area contributed by atoms with E-state index < -0.39 is 6.10 Å². The zero-order valence-corrected chi connectivity index (χ0v) is 10.4. The Balaban J connectivity index is 1.94. The maximum absolute atomic E-state index is 11.5. The van der Waals surface area contributed by atoms with Crippen LogP contribution in [-0.4, -0.2) is 29.0 Å². The molecule has 3 nitrogen and oxygen atoms in total. The maximum atomic E-state index is 11.5. The third-order valence-electron chi connectivity index (χ3n) is 3.22. The van der Waals surface area contributed by atoms with Crippen molar-refractivity contribution in [1.29, 1.82) is 0 Å². The minimum atomic E-state index is -0.528. The minimum Gasteiger partial charge on any atom is -0.388 e. The molecular weight excluding hydrogens is 214 g/mol. The number of hydrogen-bond acceptors (Lipinski definition) is 2. The first-order valence-electron chi connectivity index (χ1n) is 6.11. The highest BCUT2D eigenvalue weighted by Crippen LogP contribution is 2.23. The molecule has 0 bridgehead atoms. The van der Waals surface area contributed by atoms with Crippen LogP contribution in [0.3, 0.4) is 0 Å². The molecule has 1 N–H and O–H groups in total. The Bertz CT molecular complexity index is 424. The second kappa shape index (κ2) is 4.88. The van der Waals surface area contributed by atoms with Gasteiger partial charge in [0.05, 0.1) is 6.10 Å². The van der Waals surface area contributed by atoms with Crippen LogP contribution in [0.5, 0.6) is 0 Å². The lowest BCUT2D eigenvalue weighted by molar-refractivity contribution is -0.126. The van der Waals surface area contributed by atoms with E-state index in [1.807, 2.05) is 26.0 Å². The van der Waals surface area contributed by atoms with Crippen molar-refractivity contribution in [2.24, 2.45) is 0 Å². The first-order valence-corrected chi connectivity index (χ1v) is 6.11. The lowest BCUT2D eigenvalue weighted by Gasteiger charge is -2.14. The van der Waals surface area contributed by atoms with Crippen LogP contribution in [0.1, 0.15) is 35.6 Å². The number of benzene rings is 1. The van der Waals surface area contributed by atoms with Crippen LogP contribution in [0.15, 0.2) is 18.2 Å². The van der Waals surface area contributed by atoms with E-state index in [1.165, 1.54) is 5.56 Å². The molecule has 0 radical (unpaired) electrons. The number of rotatable bonds is 4. The SMILES string of the molecule is Cc1ccc(C(O)CCC(=O)N2CC2)c(C)c1. The molecule has 1 fully saturated rings. The highest BCUT2D eigenvalue weighted by Gasteiger charge is 2.24. The van der Waals surface area contributed by atoms with Crippen LogP contribution in [0, 0.1) is 13.8 Å². The van der Waals surface area contributed by atoms with Crippen molar-refractivity contribution in [1.82, 2.24) is 4.90 Å². The lowest BCUT2D eigenvalue weighted by atomic mass is 9.98. The van der Waals surface area contributed by atoms with Gasteiger partial charge < -0.3 is 10.0 Å². The molecule has 1 aliphatic heterocycles. The van der Waals surface area contributed by atoms with Crippen molar-refractivity contribution in [3.63, 3.8) is 0 Å². The summed E-state index contributed by atoms with van der Waals surface area (Å²) in [5.41, 5.74) is 3.23. The first kappa shape index (κ1) is 12.1. The molecule has 1 amide bonds. The molecule has 1 unspecified atom stereocenters. The Kier molecular flexibility index (Phi) is 3.48. The van der Waals surface area contributed by atoms with Gasteiger partial charge in [-0.2, -0.15) is 0 Å². The largest absolute Gasteiger partial charge is 0.388 e. The van der Waals surface area contributed by atoms with E-state index in [4.69, 9.17) is 0 Å². The van der Waals surface area contributed by atoms with Gasteiger partial charge in [0.15, 0.2) is 0 Å². The molecule has 0 spiro atoms. The molecule has 0 saturated carbocycles. The van der Waals surface area contributed by atoms with E-state index in [2.05, 4.69) is 6.07 Å². The van der Waals surface area contributed by atoms with E-state index in [-0.39, 0.29) is 5.91 Å². The summed E-state index contributed by atoms with van der Waals surface area (Å²) in [6.45, 7) is 5.81. The average Bonchev–Trinajstić information content (AvgIpc) is 3.09. The fraction of sp³-hybridized carbons (Fsp3) is 0.500. The van der Waals surface area contributed by atoms with Gasteiger partial charge in [-0.25, -0.2) is 0 Å². The highest BCUT2D eigenvalue weighted by molar-refractivity contribution is 5.78. The molecule has 0 aromatic heterocycles. The van der Waals surface area contributed by atoms with Crippen molar-refractivity contribution in [3.05, 3.63) is 34.9 Å². The van der Waals surface area contributed by atoms with Crippen LogP contribution < -0.4 is 0 Å². The number of nitrogens with zero attached hydrogens (tertiary/aromatic N) is 1. The predicted molar refractivity (Wildman–Crippen MR) is 66.7 cm³/mol. The van der Waals surface area contributed by atoms with Gasteiger partial charge in [0, 0.05) is 19.5 Å². The molecule has 92 valence electrons. The topological polar surface area (TPSA) is 40.3 Å². The third-order valence-corrected chi connectivity index (χ3v) is 3.22. The van der Waals surface area contributed by atoms with E-state index in [0.717, 1.165) is 24.2 Å². The summed E-state index contributed by atoms with van der Waals surface area (Å²) in [6, 6.07) is 6.01. The Labute approximate surface area is 102 Å². The van der Waals surface area contributed by atoms with Gasteiger partial charge in [-0.15, -0.1) is 0 Å². The lowest BCUT2D eigenvalue weighted by Crippen LogP contribution is -2.12. The van der Waals surface area contributed by atoms with Crippen LogP contribution in [0.2, 0.25) is 0 Å². The summed E-state index contributed by atoms with van der Waals surface area (Å²) < 4.78 is 0. The van der Waals surface area contributed by atoms with Crippen molar-refractivity contribution in [2.45, 2.75) is 32.8 Å². The molecular formula is C14H19NO2. The fourth-order valence-corrected chi connectivity index (χ4v) is 2.07. The van der Waals surface area contributed by atoms with Crippen molar-refractivity contribution in [2.75, 3.05) is 13.1 Å². The summed E-state index contributed by atoms with van der Waals surface area (Å²) in [4.78, 5) is 13.3. The van der Waals surface area contributed by atoms with Crippen molar-refractivity contribution < 1.29 is 9.90 Å².